The van der Waals surface area contributed by atoms with Gasteiger partial charge in [-0.2, -0.15) is 0 Å². The first-order valence-electron chi connectivity index (χ1n) is 8.83. The predicted octanol–water partition coefficient (Wildman–Crippen LogP) is 2.43. The summed E-state index contributed by atoms with van der Waals surface area (Å²) in [6.45, 7) is 1.19. The standard InChI is InChI=1S/C19H21N3O3/c23-18(15-12-20-16-8-2-1-5-10-21(15)16)22-11-9-13-6-3-4-7-14(13)17(22)19(24)25/h3-4,6-7,12,17H,1-2,5,8-11H2,(H,24,25). The van der Waals surface area contributed by atoms with Gasteiger partial charge in [-0.25, -0.2) is 9.78 Å². The molecule has 2 aliphatic rings. The van der Waals surface area contributed by atoms with Crippen LogP contribution in [0.1, 0.15) is 52.7 Å². The number of carbonyl (C=O) groups excluding carboxylic acids is 1. The van der Waals surface area contributed by atoms with Crippen LogP contribution in [0.15, 0.2) is 30.5 Å². The molecule has 1 unspecified atom stereocenters. The monoisotopic (exact) mass is 339 g/mol. The Hall–Kier alpha value is -2.63. The van der Waals surface area contributed by atoms with Crippen molar-refractivity contribution < 1.29 is 14.7 Å². The van der Waals surface area contributed by atoms with E-state index in [1.165, 1.54) is 4.90 Å². The van der Waals surface area contributed by atoms with E-state index in [1.54, 1.807) is 6.20 Å². The summed E-state index contributed by atoms with van der Waals surface area (Å²) in [6, 6.07) is 6.55. The second-order valence-corrected chi connectivity index (χ2v) is 6.71. The fourth-order valence-electron chi connectivity index (χ4n) is 3.96. The van der Waals surface area contributed by atoms with E-state index < -0.39 is 12.0 Å². The number of benzene rings is 1. The van der Waals surface area contributed by atoms with Crippen molar-refractivity contribution in [2.45, 2.75) is 44.7 Å². The van der Waals surface area contributed by atoms with Gasteiger partial charge in [0.2, 0.25) is 0 Å². The highest BCUT2D eigenvalue weighted by Gasteiger charge is 2.37. The van der Waals surface area contributed by atoms with Gasteiger partial charge in [-0.15, -0.1) is 0 Å². The number of hydrogen-bond acceptors (Lipinski definition) is 3. The van der Waals surface area contributed by atoms with Crippen molar-refractivity contribution in [1.82, 2.24) is 14.5 Å². The highest BCUT2D eigenvalue weighted by Crippen LogP contribution is 2.31. The van der Waals surface area contributed by atoms with Gasteiger partial charge in [0.15, 0.2) is 6.04 Å². The Kier molecular flexibility index (Phi) is 4.03. The van der Waals surface area contributed by atoms with Gasteiger partial charge in [0.1, 0.15) is 11.5 Å². The molecule has 2 aliphatic heterocycles. The number of aryl methyl sites for hydroxylation is 1. The number of imidazole rings is 1. The molecule has 1 atom stereocenters. The molecule has 0 bridgehead atoms. The average molecular weight is 339 g/mol. The van der Waals surface area contributed by atoms with Gasteiger partial charge >= 0.3 is 5.97 Å². The van der Waals surface area contributed by atoms with Gasteiger partial charge in [-0.3, -0.25) is 4.79 Å². The second kappa shape index (κ2) is 6.35. The van der Waals surface area contributed by atoms with Crippen LogP contribution in [0, 0.1) is 0 Å². The smallest absolute Gasteiger partial charge is 0.331 e. The number of carbonyl (C=O) groups is 2. The molecule has 0 fully saturated rings. The predicted molar refractivity (Wildman–Crippen MR) is 91.3 cm³/mol. The molecular weight excluding hydrogens is 318 g/mol. The van der Waals surface area contributed by atoms with E-state index in [-0.39, 0.29) is 5.91 Å². The molecule has 2 aromatic rings. The molecule has 0 spiro atoms. The third-order valence-electron chi connectivity index (χ3n) is 5.22. The van der Waals surface area contributed by atoms with E-state index in [2.05, 4.69) is 4.98 Å². The van der Waals surface area contributed by atoms with E-state index in [0.717, 1.165) is 43.6 Å². The topological polar surface area (TPSA) is 75.4 Å². The Labute approximate surface area is 146 Å². The summed E-state index contributed by atoms with van der Waals surface area (Å²) in [7, 11) is 0. The Morgan fingerprint density at radius 3 is 2.76 bits per heavy atom. The van der Waals surface area contributed by atoms with Crippen LogP contribution >= 0.6 is 0 Å². The molecule has 0 aliphatic carbocycles. The molecule has 6 nitrogen and oxygen atoms in total. The van der Waals surface area contributed by atoms with E-state index in [1.807, 2.05) is 28.8 Å². The van der Waals surface area contributed by atoms with Gasteiger partial charge < -0.3 is 14.6 Å². The minimum absolute atomic E-state index is 0.234. The largest absolute Gasteiger partial charge is 0.479 e. The number of aromatic nitrogens is 2. The molecule has 3 heterocycles. The highest BCUT2D eigenvalue weighted by atomic mass is 16.4. The lowest BCUT2D eigenvalue weighted by Gasteiger charge is -2.34. The zero-order valence-corrected chi connectivity index (χ0v) is 14.0. The lowest BCUT2D eigenvalue weighted by Crippen LogP contribution is -2.44. The minimum atomic E-state index is -0.990. The molecule has 130 valence electrons. The maximum absolute atomic E-state index is 13.2. The third-order valence-corrected chi connectivity index (χ3v) is 5.22. The molecule has 4 rings (SSSR count). The van der Waals surface area contributed by atoms with Crippen LogP contribution < -0.4 is 0 Å². The van der Waals surface area contributed by atoms with Crippen molar-refractivity contribution in [3.05, 3.63) is 53.1 Å². The summed E-state index contributed by atoms with van der Waals surface area (Å²) in [6.07, 6.45) is 6.40. The second-order valence-electron chi connectivity index (χ2n) is 6.71. The lowest BCUT2D eigenvalue weighted by molar-refractivity contribution is -0.143. The van der Waals surface area contributed by atoms with Crippen LogP contribution in [0.3, 0.4) is 0 Å². The summed E-state index contributed by atoms with van der Waals surface area (Å²) in [5.41, 5.74) is 2.23. The van der Waals surface area contributed by atoms with E-state index in [0.29, 0.717) is 24.2 Å². The maximum atomic E-state index is 13.2. The summed E-state index contributed by atoms with van der Waals surface area (Å²) in [4.78, 5) is 31.0. The van der Waals surface area contributed by atoms with Gasteiger partial charge in [-0.05, 0) is 30.4 Å². The third kappa shape index (κ3) is 2.71. The first kappa shape index (κ1) is 15.9. The van der Waals surface area contributed by atoms with Crippen molar-refractivity contribution in [2.24, 2.45) is 0 Å². The molecule has 6 heteroatoms. The number of rotatable bonds is 2. The number of nitrogens with zero attached hydrogens (tertiary/aromatic N) is 3. The zero-order valence-electron chi connectivity index (χ0n) is 14.0. The lowest BCUT2D eigenvalue weighted by atomic mass is 9.92. The summed E-state index contributed by atoms with van der Waals surface area (Å²) in [5.74, 6) is -0.288. The van der Waals surface area contributed by atoms with Crippen LogP contribution in [0.4, 0.5) is 0 Å². The number of carboxylic acid groups (broad SMARTS) is 1. The van der Waals surface area contributed by atoms with Crippen molar-refractivity contribution >= 4 is 11.9 Å². The molecule has 1 amide bonds. The number of carboxylic acids is 1. The van der Waals surface area contributed by atoms with Gasteiger partial charge in [0, 0.05) is 19.5 Å². The molecule has 0 saturated carbocycles. The quantitative estimate of drug-likeness (QED) is 0.912. The summed E-state index contributed by atoms with van der Waals surface area (Å²) >= 11 is 0. The van der Waals surface area contributed by atoms with Gasteiger partial charge in [-0.1, -0.05) is 30.7 Å². The molecule has 0 saturated heterocycles. The van der Waals surface area contributed by atoms with Crippen LogP contribution in [0.25, 0.3) is 0 Å². The summed E-state index contributed by atoms with van der Waals surface area (Å²) < 4.78 is 1.98. The van der Waals surface area contributed by atoms with Crippen LogP contribution in [0.5, 0.6) is 0 Å². The number of fused-ring (bicyclic) bond motifs is 2. The first-order chi connectivity index (χ1) is 12.2. The molecular formula is C19H21N3O3. The Bertz CT molecular complexity index is 827. The Morgan fingerprint density at radius 1 is 1.08 bits per heavy atom. The fraction of sp³-hybridized carbons (Fsp3) is 0.421. The van der Waals surface area contributed by atoms with Crippen molar-refractivity contribution in [3.63, 3.8) is 0 Å². The van der Waals surface area contributed by atoms with Crippen LogP contribution in [0.2, 0.25) is 0 Å². The maximum Gasteiger partial charge on any atom is 0.331 e. The van der Waals surface area contributed by atoms with Crippen LogP contribution in [-0.2, 0) is 24.2 Å². The number of aliphatic carboxylic acids is 1. The van der Waals surface area contributed by atoms with E-state index in [4.69, 9.17) is 0 Å². The molecule has 1 aromatic carbocycles. The van der Waals surface area contributed by atoms with Crippen molar-refractivity contribution in [3.8, 4) is 0 Å². The highest BCUT2D eigenvalue weighted by molar-refractivity contribution is 5.96. The molecule has 0 radical (unpaired) electrons. The van der Waals surface area contributed by atoms with Gasteiger partial charge in [0.05, 0.1) is 6.20 Å². The van der Waals surface area contributed by atoms with Crippen LogP contribution in [-0.4, -0.2) is 38.0 Å². The van der Waals surface area contributed by atoms with Gasteiger partial charge in [0.25, 0.3) is 5.91 Å². The molecule has 25 heavy (non-hydrogen) atoms. The number of amides is 1. The average Bonchev–Trinajstić information content (AvgIpc) is 2.88. The Morgan fingerprint density at radius 2 is 1.92 bits per heavy atom. The molecule has 1 N–H and O–H groups in total. The number of hydrogen-bond donors (Lipinski definition) is 1. The fourth-order valence-corrected chi connectivity index (χ4v) is 3.96. The minimum Gasteiger partial charge on any atom is -0.479 e. The Balaban J connectivity index is 1.71. The SMILES string of the molecule is O=C(O)C1c2ccccc2CCN1C(=O)c1cnc2n1CCCCC2. The first-order valence-corrected chi connectivity index (χ1v) is 8.83. The van der Waals surface area contributed by atoms with E-state index >= 15 is 0 Å². The normalized spacial score (nSPS) is 19.7. The van der Waals surface area contributed by atoms with Crippen molar-refractivity contribution in [2.75, 3.05) is 6.54 Å². The molecule has 1 aromatic heterocycles. The summed E-state index contributed by atoms with van der Waals surface area (Å²) in [5, 5.41) is 9.77. The van der Waals surface area contributed by atoms with E-state index in [9.17, 15) is 14.7 Å². The zero-order chi connectivity index (χ0) is 17.4. The van der Waals surface area contributed by atoms with Crippen molar-refractivity contribution in [1.29, 1.82) is 0 Å².